The average molecular weight is 309 g/mol. The Morgan fingerprint density at radius 3 is 1.53 bits per heavy atom. The summed E-state index contributed by atoms with van der Waals surface area (Å²) in [6, 6.07) is -6.63. The Balaban J connectivity index is 3.57. The molecule has 1 heterocycles. The molecule has 13 heteroatoms. The van der Waals surface area contributed by atoms with E-state index in [1.807, 2.05) is 0 Å². The van der Waals surface area contributed by atoms with Crippen molar-refractivity contribution in [2.75, 3.05) is 0 Å². The van der Waals surface area contributed by atoms with Crippen molar-refractivity contribution in [1.29, 1.82) is 0 Å². The summed E-state index contributed by atoms with van der Waals surface area (Å²) in [6.45, 7) is 0. The second-order valence-corrected chi connectivity index (χ2v) is 3.08. The Labute approximate surface area is 95.1 Å². The van der Waals surface area contributed by atoms with Crippen molar-refractivity contribution in [2.45, 2.75) is 18.1 Å². The van der Waals surface area contributed by atoms with Crippen LogP contribution in [0.4, 0.5) is 48.4 Å². The zero-order valence-corrected chi connectivity index (χ0v) is 8.05. The normalized spacial score (nSPS) is 14.1. The lowest BCUT2D eigenvalue weighted by molar-refractivity contribution is -0.885. The molecule has 0 aliphatic rings. The van der Waals surface area contributed by atoms with Crippen LogP contribution in [0.25, 0.3) is 0 Å². The predicted molar refractivity (Wildman–Crippen MR) is 32.2 cm³/mol. The molecule has 0 atom stereocenters. The number of nitrogens with zero attached hydrogens (tertiary/aromatic N) is 2. The first kappa shape index (κ1) is 15.5. The minimum Gasteiger partial charge on any atom is -0.185 e. The van der Waals surface area contributed by atoms with E-state index in [-0.39, 0.29) is 0 Å². The Hall–Kier alpha value is -1.56. The molecule has 1 aromatic rings. The average Bonchev–Trinajstić information content (AvgIpc) is 2.41. The zero-order valence-electron chi connectivity index (χ0n) is 8.05. The molecule has 0 unspecified atom stereocenters. The van der Waals surface area contributed by atoms with Crippen molar-refractivity contribution in [3.63, 3.8) is 0 Å². The number of rotatable bonds is 2. The van der Waals surface area contributed by atoms with Crippen LogP contribution in [-0.2, 0) is 6.05 Å². The van der Waals surface area contributed by atoms with Crippen molar-refractivity contribution in [2.24, 2.45) is 0 Å². The van der Waals surface area contributed by atoms with Crippen LogP contribution in [-0.4, -0.2) is 16.9 Å². The molecule has 0 aromatic carbocycles. The second-order valence-electron chi connectivity index (χ2n) is 3.08. The minimum atomic E-state index is -6.97. The summed E-state index contributed by atoms with van der Waals surface area (Å²) in [6.07, 6.45) is -10.2. The maximum absolute atomic E-state index is 12.8. The van der Waals surface area contributed by atoms with E-state index in [1.165, 1.54) is 0 Å². The quantitative estimate of drug-likeness (QED) is 0.587. The molecule has 2 nitrogen and oxygen atoms in total. The van der Waals surface area contributed by atoms with Gasteiger partial charge in [0.2, 0.25) is 0 Å². The SMILES string of the molecule is Fc1c(F)[n+](C(F)(F)C(F)(F)C(F)(F)F)c(F)n1F. The Morgan fingerprint density at radius 1 is 0.842 bits per heavy atom. The van der Waals surface area contributed by atoms with Gasteiger partial charge in [0.25, 0.3) is 0 Å². The van der Waals surface area contributed by atoms with Gasteiger partial charge in [-0.3, -0.25) is 0 Å². The molecule has 0 saturated carbocycles. The van der Waals surface area contributed by atoms with Gasteiger partial charge in [0.15, 0.2) is 0 Å². The highest BCUT2D eigenvalue weighted by Gasteiger charge is 2.79. The van der Waals surface area contributed by atoms with Gasteiger partial charge in [0, 0.05) is 9.27 Å². The fraction of sp³-hybridized carbons (Fsp3) is 0.500. The first-order valence-electron chi connectivity index (χ1n) is 3.93. The van der Waals surface area contributed by atoms with Crippen molar-refractivity contribution < 1.29 is 53.0 Å². The van der Waals surface area contributed by atoms with Crippen molar-refractivity contribution in [3.05, 3.63) is 18.0 Å². The summed E-state index contributed by atoms with van der Waals surface area (Å²) in [5.74, 6) is -13.3. The molecule has 0 aliphatic heterocycles. The van der Waals surface area contributed by atoms with E-state index in [0.29, 0.717) is 0 Å². The largest absolute Gasteiger partial charge is 0.493 e. The first-order chi connectivity index (χ1) is 8.26. The molecule has 19 heavy (non-hydrogen) atoms. The van der Waals surface area contributed by atoms with E-state index < -0.39 is 45.5 Å². The van der Waals surface area contributed by atoms with Crippen LogP contribution < -0.4 is 4.57 Å². The maximum Gasteiger partial charge on any atom is 0.493 e. The summed E-state index contributed by atoms with van der Waals surface area (Å²) < 4.78 is 133. The molecular weight excluding hydrogens is 309 g/mol. The van der Waals surface area contributed by atoms with Crippen molar-refractivity contribution in [3.8, 4) is 0 Å². The molecule has 0 amide bonds. The molecule has 0 fully saturated rings. The van der Waals surface area contributed by atoms with Crippen molar-refractivity contribution >= 4 is 0 Å². The van der Waals surface area contributed by atoms with Gasteiger partial charge in [-0.15, -0.1) is 8.78 Å². The third-order valence-corrected chi connectivity index (χ3v) is 1.90. The second kappa shape index (κ2) is 3.96. The van der Waals surface area contributed by atoms with E-state index in [0.717, 1.165) is 0 Å². The molecule has 1 aromatic heterocycles. The van der Waals surface area contributed by atoms with Crippen molar-refractivity contribution in [1.82, 2.24) is 4.79 Å². The fourth-order valence-electron chi connectivity index (χ4n) is 0.973. The number of aromatic nitrogens is 2. The number of alkyl halides is 7. The topological polar surface area (TPSA) is 8.81 Å². The fourth-order valence-corrected chi connectivity index (χ4v) is 0.973. The number of imidazole rings is 1. The molecule has 0 spiro atoms. The summed E-state index contributed by atoms with van der Waals surface area (Å²) >= 11 is 0. The lowest BCUT2D eigenvalue weighted by Crippen LogP contribution is -2.68. The highest BCUT2D eigenvalue weighted by molar-refractivity contribution is 4.83. The first-order valence-corrected chi connectivity index (χ1v) is 3.93. The summed E-state index contributed by atoms with van der Waals surface area (Å²) in [4.78, 5) is -2.09. The van der Waals surface area contributed by atoms with Crippen LogP contribution in [0.2, 0.25) is 0 Å². The van der Waals surface area contributed by atoms with E-state index in [4.69, 9.17) is 0 Å². The molecule has 0 saturated heterocycles. The van der Waals surface area contributed by atoms with E-state index in [1.54, 1.807) is 0 Å². The predicted octanol–water partition coefficient (Wildman–Crippen LogP) is 2.67. The molecular formula is C6F11N2+. The molecule has 0 bridgehead atoms. The standard InChI is InChI=1S/C6F11N2/c7-1-2(8)19(17)3(9)18(1)6(15,16)4(10,11)5(12,13)14/q+1. The highest BCUT2D eigenvalue weighted by atomic mass is 19.4. The number of hydrogen-bond acceptors (Lipinski definition) is 0. The molecule has 0 radical (unpaired) electrons. The van der Waals surface area contributed by atoms with Gasteiger partial charge in [-0.05, 0) is 0 Å². The minimum absolute atomic E-state index is 2.09. The summed E-state index contributed by atoms with van der Waals surface area (Å²) in [5, 5.41) is 0. The van der Waals surface area contributed by atoms with Gasteiger partial charge < -0.3 is 0 Å². The van der Waals surface area contributed by atoms with Crippen LogP contribution in [0.5, 0.6) is 0 Å². The Kier molecular flexibility index (Phi) is 3.23. The summed E-state index contributed by atoms with van der Waals surface area (Å²) in [5.41, 5.74) is 0. The van der Waals surface area contributed by atoms with Gasteiger partial charge in [0.05, 0.1) is 0 Å². The highest BCUT2D eigenvalue weighted by Crippen LogP contribution is 2.46. The van der Waals surface area contributed by atoms with Gasteiger partial charge in [-0.1, -0.05) is 4.57 Å². The summed E-state index contributed by atoms with van der Waals surface area (Å²) in [7, 11) is 0. The van der Waals surface area contributed by atoms with Gasteiger partial charge in [-0.25, -0.2) is 0 Å². The van der Waals surface area contributed by atoms with E-state index >= 15 is 0 Å². The van der Waals surface area contributed by atoms with Gasteiger partial charge in [-0.2, -0.15) is 35.1 Å². The molecule has 0 aliphatic carbocycles. The molecule has 110 valence electrons. The number of halogens is 11. The third-order valence-electron chi connectivity index (χ3n) is 1.90. The lowest BCUT2D eigenvalue weighted by atomic mass is 10.2. The van der Waals surface area contributed by atoms with Crippen LogP contribution in [0.3, 0.4) is 0 Å². The lowest BCUT2D eigenvalue weighted by Gasteiger charge is -2.24. The van der Waals surface area contributed by atoms with Crippen LogP contribution >= 0.6 is 0 Å². The Bertz CT molecular complexity index is 473. The van der Waals surface area contributed by atoms with Gasteiger partial charge >= 0.3 is 36.1 Å². The zero-order chi connectivity index (χ0) is 15.4. The smallest absolute Gasteiger partial charge is 0.185 e. The van der Waals surface area contributed by atoms with E-state index in [2.05, 4.69) is 0 Å². The third kappa shape index (κ3) is 1.90. The molecule has 0 N–H and O–H groups in total. The van der Waals surface area contributed by atoms with Crippen LogP contribution in [0.15, 0.2) is 0 Å². The van der Waals surface area contributed by atoms with Crippen LogP contribution in [0.1, 0.15) is 0 Å². The van der Waals surface area contributed by atoms with E-state index in [9.17, 15) is 48.4 Å². The molecule has 1 rings (SSSR count). The Morgan fingerprint density at radius 2 is 1.26 bits per heavy atom. The van der Waals surface area contributed by atoms with Crippen LogP contribution in [0, 0.1) is 18.0 Å². The monoisotopic (exact) mass is 309 g/mol. The maximum atomic E-state index is 12.8. The number of hydrogen-bond donors (Lipinski definition) is 0. The van der Waals surface area contributed by atoms with Gasteiger partial charge in [0.1, 0.15) is 0 Å².